The fourth-order valence-corrected chi connectivity index (χ4v) is 1.56. The highest BCUT2D eigenvalue weighted by Gasteiger charge is 2.18. The predicted octanol–water partition coefficient (Wildman–Crippen LogP) is 4.53. The fraction of sp³-hybridized carbons (Fsp3) is 0.308. The molecule has 0 bridgehead atoms. The highest BCUT2D eigenvalue weighted by Crippen LogP contribution is 2.26. The predicted molar refractivity (Wildman–Crippen MR) is 73.7 cm³/mol. The highest BCUT2D eigenvalue weighted by atomic mass is 35.5. The van der Waals surface area contributed by atoms with Crippen molar-refractivity contribution in [2.45, 2.75) is 20.3 Å². The van der Waals surface area contributed by atoms with Gasteiger partial charge in [0.1, 0.15) is 0 Å². The van der Waals surface area contributed by atoms with Crippen LogP contribution in [0.25, 0.3) is 0 Å². The highest BCUT2D eigenvalue weighted by molar-refractivity contribution is 6.42. The van der Waals surface area contributed by atoms with Crippen molar-refractivity contribution >= 4 is 34.8 Å². The van der Waals surface area contributed by atoms with Crippen molar-refractivity contribution in [2.24, 2.45) is 5.41 Å². The van der Waals surface area contributed by atoms with Crippen LogP contribution in [0, 0.1) is 5.41 Å². The van der Waals surface area contributed by atoms with E-state index in [-0.39, 0.29) is 11.3 Å². The number of carbonyl (C=O) groups is 1. The quantitative estimate of drug-likeness (QED) is 0.801. The van der Waals surface area contributed by atoms with Crippen molar-refractivity contribution < 1.29 is 4.79 Å². The summed E-state index contributed by atoms with van der Waals surface area (Å²) in [5.74, 6) is -0.0757. The number of amides is 1. The van der Waals surface area contributed by atoms with Crippen LogP contribution in [0.5, 0.6) is 0 Å². The number of benzene rings is 1. The molecule has 0 spiro atoms. The van der Waals surface area contributed by atoms with E-state index in [1.807, 2.05) is 13.8 Å². The summed E-state index contributed by atoms with van der Waals surface area (Å²) in [4.78, 5) is 11.7. The molecule has 0 aliphatic carbocycles. The summed E-state index contributed by atoms with van der Waals surface area (Å²) >= 11 is 11.6. The Morgan fingerprint density at radius 2 is 2.06 bits per heavy atom. The van der Waals surface area contributed by atoms with E-state index in [2.05, 4.69) is 11.9 Å². The molecule has 0 aromatic heterocycles. The molecule has 4 heteroatoms. The summed E-state index contributed by atoms with van der Waals surface area (Å²) in [5.41, 5.74) is 0.421. The second kappa shape index (κ2) is 5.56. The Morgan fingerprint density at radius 3 is 2.59 bits per heavy atom. The van der Waals surface area contributed by atoms with Gasteiger partial charge < -0.3 is 5.32 Å². The Hall–Kier alpha value is -0.990. The number of halogens is 2. The zero-order chi connectivity index (χ0) is 13.1. The molecule has 0 fully saturated rings. The average molecular weight is 272 g/mol. The van der Waals surface area contributed by atoms with Gasteiger partial charge in [0.05, 0.1) is 10.0 Å². The summed E-state index contributed by atoms with van der Waals surface area (Å²) in [6.07, 6.45) is 2.14. The van der Waals surface area contributed by atoms with Crippen molar-refractivity contribution in [3.8, 4) is 0 Å². The lowest BCUT2D eigenvalue weighted by Crippen LogP contribution is -2.20. The second-order valence-corrected chi connectivity index (χ2v) is 5.36. The number of rotatable bonds is 4. The molecule has 1 aromatic carbocycles. The van der Waals surface area contributed by atoms with Gasteiger partial charge in [0, 0.05) is 12.1 Å². The van der Waals surface area contributed by atoms with Crippen LogP contribution in [-0.2, 0) is 4.79 Å². The monoisotopic (exact) mass is 271 g/mol. The SMILES string of the molecule is C=CC(C)(C)CC(=O)Nc1ccc(Cl)c(Cl)c1. The van der Waals surface area contributed by atoms with Crippen molar-refractivity contribution in [1.29, 1.82) is 0 Å². The maximum absolute atomic E-state index is 11.7. The van der Waals surface area contributed by atoms with Gasteiger partial charge in [0.15, 0.2) is 0 Å². The molecule has 92 valence electrons. The summed E-state index contributed by atoms with van der Waals surface area (Å²) in [6.45, 7) is 7.61. The van der Waals surface area contributed by atoms with Crippen LogP contribution in [-0.4, -0.2) is 5.91 Å². The lowest BCUT2D eigenvalue weighted by molar-refractivity contribution is -0.117. The van der Waals surface area contributed by atoms with Gasteiger partial charge in [-0.2, -0.15) is 0 Å². The first-order valence-electron chi connectivity index (χ1n) is 5.22. The van der Waals surface area contributed by atoms with Crippen LogP contribution in [0.4, 0.5) is 5.69 Å². The van der Waals surface area contributed by atoms with Gasteiger partial charge in [-0.25, -0.2) is 0 Å². The van der Waals surface area contributed by atoms with Crippen LogP contribution in [0.3, 0.4) is 0 Å². The van der Waals surface area contributed by atoms with Crippen molar-refractivity contribution in [3.63, 3.8) is 0 Å². The zero-order valence-corrected chi connectivity index (χ0v) is 11.4. The van der Waals surface area contributed by atoms with Crippen molar-refractivity contribution in [2.75, 3.05) is 5.32 Å². The molecule has 1 aromatic rings. The number of nitrogens with one attached hydrogen (secondary N) is 1. The molecule has 0 atom stereocenters. The molecule has 2 nitrogen and oxygen atoms in total. The Labute approximate surface area is 112 Å². The van der Waals surface area contributed by atoms with E-state index >= 15 is 0 Å². The first-order chi connectivity index (χ1) is 7.84. The third kappa shape index (κ3) is 4.41. The summed E-state index contributed by atoms with van der Waals surface area (Å²) in [6, 6.07) is 4.99. The van der Waals surface area contributed by atoms with Crippen molar-refractivity contribution in [3.05, 3.63) is 40.9 Å². The minimum absolute atomic E-state index is 0.0757. The topological polar surface area (TPSA) is 29.1 Å². The summed E-state index contributed by atoms with van der Waals surface area (Å²) < 4.78 is 0. The zero-order valence-electron chi connectivity index (χ0n) is 9.89. The molecule has 0 saturated carbocycles. The van der Waals surface area contributed by atoms with Crippen LogP contribution < -0.4 is 5.32 Å². The van der Waals surface area contributed by atoms with E-state index < -0.39 is 0 Å². The molecule has 0 heterocycles. The maximum atomic E-state index is 11.7. The van der Waals surface area contributed by atoms with E-state index in [0.717, 1.165) is 0 Å². The number of hydrogen-bond acceptors (Lipinski definition) is 1. The Bertz CT molecular complexity index is 441. The van der Waals surface area contributed by atoms with E-state index in [0.29, 0.717) is 22.2 Å². The van der Waals surface area contributed by atoms with Gasteiger partial charge >= 0.3 is 0 Å². The molecule has 0 radical (unpaired) electrons. The van der Waals surface area contributed by atoms with Gasteiger partial charge in [-0.3, -0.25) is 4.79 Å². The smallest absolute Gasteiger partial charge is 0.225 e. The number of allylic oxidation sites excluding steroid dienone is 1. The van der Waals surface area contributed by atoms with Gasteiger partial charge in [0.25, 0.3) is 0 Å². The standard InChI is InChI=1S/C13H15Cl2NO/c1-4-13(2,3)8-12(17)16-9-5-6-10(14)11(15)7-9/h4-7H,1,8H2,2-3H3,(H,16,17). The molecular formula is C13H15Cl2NO. The summed E-state index contributed by atoms with van der Waals surface area (Å²) in [7, 11) is 0. The van der Waals surface area contributed by atoms with Gasteiger partial charge in [-0.15, -0.1) is 6.58 Å². The van der Waals surface area contributed by atoms with Crippen molar-refractivity contribution in [1.82, 2.24) is 0 Å². The molecule has 1 amide bonds. The number of carbonyl (C=O) groups excluding carboxylic acids is 1. The molecule has 0 unspecified atom stereocenters. The van der Waals surface area contributed by atoms with Crippen LogP contribution >= 0.6 is 23.2 Å². The molecule has 0 aliphatic heterocycles. The van der Waals surface area contributed by atoms with Gasteiger partial charge in [-0.1, -0.05) is 43.1 Å². The Kier molecular flexibility index (Phi) is 4.61. The first-order valence-corrected chi connectivity index (χ1v) is 5.98. The molecular weight excluding hydrogens is 257 g/mol. The normalized spacial score (nSPS) is 11.1. The molecule has 17 heavy (non-hydrogen) atoms. The maximum Gasteiger partial charge on any atom is 0.225 e. The van der Waals surface area contributed by atoms with E-state index in [9.17, 15) is 4.79 Å². The van der Waals surface area contributed by atoms with E-state index in [1.165, 1.54) is 0 Å². The number of hydrogen-bond donors (Lipinski definition) is 1. The van der Waals surface area contributed by atoms with Gasteiger partial charge in [-0.05, 0) is 23.6 Å². The van der Waals surface area contributed by atoms with Crippen LogP contribution in [0.1, 0.15) is 20.3 Å². The molecule has 0 aliphatic rings. The molecule has 1 rings (SSSR count). The number of anilines is 1. The minimum Gasteiger partial charge on any atom is -0.326 e. The molecule has 1 N–H and O–H groups in total. The third-order valence-corrected chi connectivity index (χ3v) is 3.11. The first kappa shape index (κ1) is 14.1. The van der Waals surface area contributed by atoms with Crippen LogP contribution in [0.15, 0.2) is 30.9 Å². The average Bonchev–Trinajstić information content (AvgIpc) is 2.23. The largest absolute Gasteiger partial charge is 0.326 e. The Morgan fingerprint density at radius 1 is 1.41 bits per heavy atom. The lowest BCUT2D eigenvalue weighted by Gasteiger charge is -2.18. The Balaban J connectivity index is 2.68. The third-order valence-electron chi connectivity index (χ3n) is 2.37. The van der Waals surface area contributed by atoms with E-state index in [1.54, 1.807) is 24.3 Å². The molecule has 0 saturated heterocycles. The van der Waals surface area contributed by atoms with E-state index in [4.69, 9.17) is 23.2 Å². The fourth-order valence-electron chi connectivity index (χ4n) is 1.27. The minimum atomic E-state index is -0.222. The lowest BCUT2D eigenvalue weighted by atomic mass is 9.89. The van der Waals surface area contributed by atoms with Gasteiger partial charge in [0.2, 0.25) is 5.91 Å². The van der Waals surface area contributed by atoms with Crippen LogP contribution in [0.2, 0.25) is 10.0 Å². The second-order valence-electron chi connectivity index (χ2n) is 4.55. The summed E-state index contributed by atoms with van der Waals surface area (Å²) in [5, 5.41) is 3.66.